The molecule has 0 fully saturated rings. The fourth-order valence-electron chi connectivity index (χ4n) is 3.11. The number of aliphatic hydroxyl groups is 1. The van der Waals surface area contributed by atoms with Crippen LogP contribution in [0.15, 0.2) is 30.3 Å². The summed E-state index contributed by atoms with van der Waals surface area (Å²) in [6.07, 6.45) is 6.83. The van der Waals surface area contributed by atoms with E-state index in [9.17, 15) is 10.2 Å². The third-order valence-electron chi connectivity index (χ3n) is 4.37. The molecule has 2 heteroatoms. The first-order valence-corrected chi connectivity index (χ1v) is 7.09. The summed E-state index contributed by atoms with van der Waals surface area (Å²) in [6, 6.07) is 9.96. The maximum atomic E-state index is 10.4. The van der Waals surface area contributed by atoms with E-state index in [0.717, 1.165) is 39.8 Å². The highest BCUT2D eigenvalue weighted by Gasteiger charge is 2.34. The average molecular weight is 278 g/mol. The summed E-state index contributed by atoms with van der Waals surface area (Å²) in [5.74, 6) is 2.85. The molecule has 3 rings (SSSR count). The molecule has 0 saturated carbocycles. The molecule has 1 aliphatic rings. The summed E-state index contributed by atoms with van der Waals surface area (Å²) < 4.78 is 0. The maximum absolute atomic E-state index is 10.4. The zero-order valence-corrected chi connectivity index (χ0v) is 12.3. The van der Waals surface area contributed by atoms with Crippen LogP contribution >= 0.6 is 0 Å². The van der Waals surface area contributed by atoms with Crippen LogP contribution in [-0.4, -0.2) is 10.2 Å². The molecule has 0 aromatic heterocycles. The third kappa shape index (κ3) is 2.11. The minimum Gasteiger partial charge on any atom is -0.507 e. The van der Waals surface area contributed by atoms with E-state index in [4.69, 9.17) is 6.42 Å². The Labute approximate surface area is 125 Å². The molecule has 1 aliphatic carbocycles. The minimum atomic E-state index is -1.12. The van der Waals surface area contributed by atoms with Crippen LogP contribution in [0.2, 0.25) is 0 Å². The van der Waals surface area contributed by atoms with Crippen molar-refractivity contribution in [2.45, 2.75) is 32.3 Å². The van der Waals surface area contributed by atoms with Crippen molar-refractivity contribution in [3.05, 3.63) is 52.6 Å². The fourth-order valence-corrected chi connectivity index (χ4v) is 3.11. The van der Waals surface area contributed by atoms with Gasteiger partial charge in [0, 0.05) is 0 Å². The number of rotatable bonds is 1. The van der Waals surface area contributed by atoms with Crippen molar-refractivity contribution in [1.82, 2.24) is 0 Å². The first-order valence-electron chi connectivity index (χ1n) is 7.09. The van der Waals surface area contributed by atoms with Crippen LogP contribution in [0.1, 0.15) is 28.7 Å². The van der Waals surface area contributed by atoms with Gasteiger partial charge in [-0.3, -0.25) is 0 Å². The molecule has 0 aliphatic heterocycles. The van der Waals surface area contributed by atoms with Crippen LogP contribution < -0.4 is 0 Å². The lowest BCUT2D eigenvalue weighted by Crippen LogP contribution is -2.18. The normalized spacial score (nSPS) is 20.1. The second kappa shape index (κ2) is 4.65. The molecule has 2 aromatic carbocycles. The van der Waals surface area contributed by atoms with Gasteiger partial charge >= 0.3 is 0 Å². The highest BCUT2D eigenvalue weighted by atomic mass is 16.3. The Morgan fingerprint density at radius 2 is 1.76 bits per heavy atom. The lowest BCUT2D eigenvalue weighted by molar-refractivity contribution is 0.103. The third-order valence-corrected chi connectivity index (χ3v) is 4.37. The Kier molecular flexibility index (Phi) is 3.04. The monoisotopic (exact) mass is 278 g/mol. The number of phenolic OH excluding ortho intramolecular Hbond substituents is 1. The first kappa shape index (κ1) is 13.7. The van der Waals surface area contributed by atoms with Crippen molar-refractivity contribution in [2.24, 2.45) is 0 Å². The van der Waals surface area contributed by atoms with Gasteiger partial charge in [-0.25, -0.2) is 0 Å². The molecule has 0 spiro atoms. The van der Waals surface area contributed by atoms with E-state index in [2.05, 4.69) is 12.0 Å². The topological polar surface area (TPSA) is 40.5 Å². The fraction of sp³-hybridized carbons (Fsp3) is 0.263. The van der Waals surface area contributed by atoms with Crippen LogP contribution in [0.3, 0.4) is 0 Å². The molecule has 106 valence electrons. The Balaban J connectivity index is 2.09. The van der Waals surface area contributed by atoms with Crippen molar-refractivity contribution in [2.75, 3.05) is 0 Å². The van der Waals surface area contributed by atoms with Crippen molar-refractivity contribution >= 4 is 0 Å². The van der Waals surface area contributed by atoms with Crippen LogP contribution in [-0.2, 0) is 12.0 Å². The molecule has 0 bridgehead atoms. The van der Waals surface area contributed by atoms with Crippen LogP contribution in [0.4, 0.5) is 0 Å². The number of benzene rings is 2. The molecule has 1 atom stereocenters. The molecule has 21 heavy (non-hydrogen) atoms. The van der Waals surface area contributed by atoms with Gasteiger partial charge in [0.05, 0.1) is 0 Å². The molecular weight excluding hydrogens is 260 g/mol. The zero-order chi connectivity index (χ0) is 15.2. The average Bonchev–Trinajstić information content (AvgIpc) is 2.82. The van der Waals surface area contributed by atoms with Crippen molar-refractivity contribution in [3.63, 3.8) is 0 Å². The molecule has 0 amide bonds. The molecule has 2 aromatic rings. The predicted octanol–water partition coefficient (Wildman–Crippen LogP) is 3.44. The summed E-state index contributed by atoms with van der Waals surface area (Å²) in [7, 11) is 0. The first-order chi connectivity index (χ1) is 9.94. The Morgan fingerprint density at radius 1 is 1.10 bits per heavy atom. The maximum Gasteiger partial charge on any atom is 0.151 e. The minimum absolute atomic E-state index is 0.349. The Bertz CT molecular complexity index is 745. The second-order valence-corrected chi connectivity index (χ2v) is 5.84. The zero-order valence-electron chi connectivity index (χ0n) is 12.3. The van der Waals surface area contributed by atoms with Crippen LogP contribution in [0.25, 0.3) is 11.1 Å². The standard InChI is InChI=1S/C19H18O2/c1-4-19(21)8-7-15-11-14(5-6-17(15)19)16-9-12(2)18(20)13(3)10-16/h1,5-6,9-11,20-21H,7-8H2,2-3H3. The molecule has 0 saturated heterocycles. The lowest BCUT2D eigenvalue weighted by Gasteiger charge is -2.17. The molecule has 0 radical (unpaired) electrons. The lowest BCUT2D eigenvalue weighted by atomic mass is 9.93. The Morgan fingerprint density at radius 3 is 2.38 bits per heavy atom. The summed E-state index contributed by atoms with van der Waals surface area (Å²) >= 11 is 0. The SMILES string of the molecule is C#CC1(O)CCc2cc(-c3cc(C)c(O)c(C)c3)ccc21. The van der Waals surface area contributed by atoms with Crippen LogP contribution in [0.5, 0.6) is 5.75 Å². The van der Waals surface area contributed by atoms with E-state index in [1.54, 1.807) is 0 Å². The molecule has 1 unspecified atom stereocenters. The smallest absolute Gasteiger partial charge is 0.151 e. The van der Waals surface area contributed by atoms with Gasteiger partial charge < -0.3 is 10.2 Å². The second-order valence-electron chi connectivity index (χ2n) is 5.84. The summed E-state index contributed by atoms with van der Waals surface area (Å²) in [5, 5.41) is 20.2. The predicted molar refractivity (Wildman–Crippen MR) is 84.1 cm³/mol. The highest BCUT2D eigenvalue weighted by molar-refractivity contribution is 5.69. The van der Waals surface area contributed by atoms with E-state index in [1.807, 2.05) is 38.1 Å². The van der Waals surface area contributed by atoms with Crippen LogP contribution in [0, 0.1) is 26.2 Å². The van der Waals surface area contributed by atoms with Crippen molar-refractivity contribution in [1.29, 1.82) is 0 Å². The Hall–Kier alpha value is -2.24. The summed E-state index contributed by atoms with van der Waals surface area (Å²) in [4.78, 5) is 0. The van der Waals surface area contributed by atoms with E-state index < -0.39 is 5.60 Å². The van der Waals surface area contributed by atoms with Gasteiger partial charge in [-0.05, 0) is 72.2 Å². The number of terminal acetylenes is 1. The number of phenols is 1. The van der Waals surface area contributed by atoms with E-state index >= 15 is 0 Å². The van der Waals surface area contributed by atoms with Gasteiger partial charge in [0.15, 0.2) is 5.60 Å². The quantitative estimate of drug-likeness (QED) is 0.784. The molecule has 2 N–H and O–H groups in total. The van der Waals surface area contributed by atoms with Gasteiger partial charge in [-0.15, -0.1) is 6.42 Å². The highest BCUT2D eigenvalue weighted by Crippen LogP contribution is 2.39. The van der Waals surface area contributed by atoms with E-state index in [0.29, 0.717) is 12.2 Å². The summed E-state index contributed by atoms with van der Waals surface area (Å²) in [6.45, 7) is 3.80. The molecule has 2 nitrogen and oxygen atoms in total. The van der Waals surface area contributed by atoms with Crippen molar-refractivity contribution in [3.8, 4) is 29.2 Å². The number of aryl methyl sites for hydroxylation is 3. The van der Waals surface area contributed by atoms with Gasteiger partial charge in [-0.1, -0.05) is 24.1 Å². The van der Waals surface area contributed by atoms with Gasteiger partial charge in [-0.2, -0.15) is 0 Å². The number of hydrogen-bond acceptors (Lipinski definition) is 2. The molecule has 0 heterocycles. The summed E-state index contributed by atoms with van der Waals surface area (Å²) in [5.41, 5.74) is 4.73. The largest absolute Gasteiger partial charge is 0.507 e. The molecular formula is C19H18O2. The van der Waals surface area contributed by atoms with Gasteiger partial charge in [0.2, 0.25) is 0 Å². The number of hydrogen-bond donors (Lipinski definition) is 2. The number of fused-ring (bicyclic) bond motifs is 1. The van der Waals surface area contributed by atoms with Gasteiger partial charge in [0.25, 0.3) is 0 Å². The van der Waals surface area contributed by atoms with E-state index in [-0.39, 0.29) is 0 Å². The van der Waals surface area contributed by atoms with Crippen molar-refractivity contribution < 1.29 is 10.2 Å². The number of aromatic hydroxyl groups is 1. The van der Waals surface area contributed by atoms with Gasteiger partial charge in [0.1, 0.15) is 5.75 Å². The van der Waals surface area contributed by atoms with E-state index in [1.165, 1.54) is 0 Å².